The van der Waals surface area contributed by atoms with Gasteiger partial charge in [-0.2, -0.15) is 5.10 Å². The standard InChI is InChI=1S/C12H19N3O3/c1-8(9-4-6-18-7-5-9)13-12(17)10-2-3-11(16)15-14-10/h8-9H,2-7H2,1H3,(H,13,17)(H,15,16). The lowest BCUT2D eigenvalue weighted by molar-refractivity contribution is -0.121. The Kier molecular flexibility index (Phi) is 4.30. The Morgan fingerprint density at radius 3 is 2.78 bits per heavy atom. The van der Waals surface area contributed by atoms with Crippen LogP contribution in [0.4, 0.5) is 0 Å². The van der Waals surface area contributed by atoms with E-state index < -0.39 is 0 Å². The number of rotatable bonds is 3. The van der Waals surface area contributed by atoms with Crippen LogP contribution in [0.15, 0.2) is 5.10 Å². The van der Waals surface area contributed by atoms with Crippen LogP contribution in [0.3, 0.4) is 0 Å². The highest BCUT2D eigenvalue weighted by molar-refractivity contribution is 6.39. The van der Waals surface area contributed by atoms with Crippen molar-refractivity contribution < 1.29 is 14.3 Å². The molecule has 2 heterocycles. The number of carbonyl (C=O) groups excluding carboxylic acids is 2. The zero-order chi connectivity index (χ0) is 13.0. The lowest BCUT2D eigenvalue weighted by Crippen LogP contribution is -2.44. The molecule has 1 saturated heterocycles. The highest BCUT2D eigenvalue weighted by atomic mass is 16.5. The van der Waals surface area contributed by atoms with Crippen LogP contribution >= 0.6 is 0 Å². The van der Waals surface area contributed by atoms with E-state index in [1.807, 2.05) is 6.92 Å². The van der Waals surface area contributed by atoms with Gasteiger partial charge in [0.1, 0.15) is 5.71 Å². The maximum atomic E-state index is 11.9. The molecule has 6 nitrogen and oxygen atoms in total. The number of nitrogens with one attached hydrogen (secondary N) is 2. The molecule has 0 aromatic rings. The van der Waals surface area contributed by atoms with Gasteiger partial charge in [-0.05, 0) is 25.7 Å². The first-order chi connectivity index (χ1) is 8.66. The maximum absolute atomic E-state index is 11.9. The number of ether oxygens (including phenoxy) is 1. The summed E-state index contributed by atoms with van der Waals surface area (Å²) in [5.74, 6) is 0.152. The fourth-order valence-corrected chi connectivity index (χ4v) is 2.26. The van der Waals surface area contributed by atoms with E-state index in [2.05, 4.69) is 15.8 Å². The van der Waals surface area contributed by atoms with Crippen LogP contribution in [-0.4, -0.2) is 36.8 Å². The van der Waals surface area contributed by atoms with Crippen molar-refractivity contribution in [2.24, 2.45) is 11.0 Å². The topological polar surface area (TPSA) is 79.8 Å². The van der Waals surface area contributed by atoms with Gasteiger partial charge in [0.15, 0.2) is 0 Å². The van der Waals surface area contributed by atoms with Gasteiger partial charge in [0.25, 0.3) is 5.91 Å². The summed E-state index contributed by atoms with van der Waals surface area (Å²) in [6, 6.07) is 0.113. The molecule has 2 N–H and O–H groups in total. The summed E-state index contributed by atoms with van der Waals surface area (Å²) in [6.07, 6.45) is 2.70. The molecular formula is C12H19N3O3. The molecule has 2 amide bonds. The summed E-state index contributed by atoms with van der Waals surface area (Å²) in [6.45, 7) is 3.54. The summed E-state index contributed by atoms with van der Waals surface area (Å²) in [4.78, 5) is 22.9. The Balaban J connectivity index is 1.84. The highest BCUT2D eigenvalue weighted by Gasteiger charge is 2.24. The van der Waals surface area contributed by atoms with Gasteiger partial charge in [-0.3, -0.25) is 9.59 Å². The van der Waals surface area contributed by atoms with Crippen molar-refractivity contribution in [2.75, 3.05) is 13.2 Å². The Morgan fingerprint density at radius 2 is 2.17 bits per heavy atom. The summed E-state index contributed by atoms with van der Waals surface area (Å²) in [7, 11) is 0. The lowest BCUT2D eigenvalue weighted by atomic mass is 9.93. The number of hydrogen-bond donors (Lipinski definition) is 2. The van der Waals surface area contributed by atoms with Gasteiger partial charge in [-0.1, -0.05) is 0 Å². The van der Waals surface area contributed by atoms with E-state index in [9.17, 15) is 9.59 Å². The molecule has 2 aliphatic heterocycles. The minimum absolute atomic E-state index is 0.113. The minimum Gasteiger partial charge on any atom is -0.381 e. The number of hydrogen-bond acceptors (Lipinski definition) is 4. The van der Waals surface area contributed by atoms with Crippen molar-refractivity contribution in [2.45, 2.75) is 38.6 Å². The molecule has 18 heavy (non-hydrogen) atoms. The number of carbonyl (C=O) groups is 2. The van der Waals surface area contributed by atoms with Crippen LogP contribution in [0.5, 0.6) is 0 Å². The van der Waals surface area contributed by atoms with Crippen LogP contribution < -0.4 is 10.7 Å². The fourth-order valence-electron chi connectivity index (χ4n) is 2.26. The normalized spacial score (nSPS) is 22.9. The number of amides is 2. The van der Waals surface area contributed by atoms with Crippen molar-refractivity contribution in [1.29, 1.82) is 0 Å². The van der Waals surface area contributed by atoms with Crippen molar-refractivity contribution in [1.82, 2.24) is 10.7 Å². The minimum atomic E-state index is -0.172. The van der Waals surface area contributed by atoms with E-state index in [-0.39, 0.29) is 17.9 Å². The predicted molar refractivity (Wildman–Crippen MR) is 66.0 cm³/mol. The van der Waals surface area contributed by atoms with Crippen LogP contribution in [-0.2, 0) is 14.3 Å². The highest BCUT2D eigenvalue weighted by Crippen LogP contribution is 2.18. The van der Waals surface area contributed by atoms with Crippen molar-refractivity contribution in [3.63, 3.8) is 0 Å². The molecule has 1 unspecified atom stereocenters. The van der Waals surface area contributed by atoms with Crippen molar-refractivity contribution in [3.8, 4) is 0 Å². The molecule has 0 radical (unpaired) electrons. The van der Waals surface area contributed by atoms with Gasteiger partial charge in [-0.15, -0.1) is 0 Å². The smallest absolute Gasteiger partial charge is 0.267 e. The van der Waals surface area contributed by atoms with Crippen LogP contribution in [0.25, 0.3) is 0 Å². The van der Waals surface area contributed by atoms with Crippen LogP contribution in [0, 0.1) is 5.92 Å². The molecule has 0 aromatic heterocycles. The van der Waals surface area contributed by atoms with Gasteiger partial charge in [0.2, 0.25) is 5.91 Å². The summed E-state index contributed by atoms with van der Waals surface area (Å²) >= 11 is 0. The van der Waals surface area contributed by atoms with Gasteiger partial charge >= 0.3 is 0 Å². The van der Waals surface area contributed by atoms with E-state index in [1.54, 1.807) is 0 Å². The molecular weight excluding hydrogens is 234 g/mol. The van der Waals surface area contributed by atoms with E-state index in [0.717, 1.165) is 26.1 Å². The van der Waals surface area contributed by atoms with Gasteiger partial charge < -0.3 is 10.1 Å². The SMILES string of the molecule is CC(NC(=O)C1=NNC(=O)CC1)C1CCOCC1. The summed E-state index contributed by atoms with van der Waals surface area (Å²) < 4.78 is 5.30. The number of nitrogens with zero attached hydrogens (tertiary/aromatic N) is 1. The lowest BCUT2D eigenvalue weighted by Gasteiger charge is -2.28. The number of hydrazone groups is 1. The average molecular weight is 253 g/mol. The van der Waals surface area contributed by atoms with E-state index in [1.165, 1.54) is 0 Å². The van der Waals surface area contributed by atoms with Crippen molar-refractivity contribution in [3.05, 3.63) is 0 Å². The zero-order valence-electron chi connectivity index (χ0n) is 10.6. The second kappa shape index (κ2) is 5.95. The molecule has 1 atom stereocenters. The Morgan fingerprint density at radius 1 is 1.44 bits per heavy atom. The van der Waals surface area contributed by atoms with E-state index >= 15 is 0 Å². The third-order valence-electron chi connectivity index (χ3n) is 3.50. The monoisotopic (exact) mass is 253 g/mol. The fraction of sp³-hybridized carbons (Fsp3) is 0.750. The van der Waals surface area contributed by atoms with Gasteiger partial charge in [0.05, 0.1) is 0 Å². The van der Waals surface area contributed by atoms with Crippen LogP contribution in [0.1, 0.15) is 32.6 Å². The second-order valence-electron chi connectivity index (χ2n) is 4.81. The molecule has 6 heteroatoms. The molecule has 0 spiro atoms. The maximum Gasteiger partial charge on any atom is 0.267 e. The summed E-state index contributed by atoms with van der Waals surface area (Å²) in [5, 5.41) is 6.75. The molecule has 0 aliphatic carbocycles. The average Bonchev–Trinajstić information content (AvgIpc) is 2.40. The Hall–Kier alpha value is -1.43. The molecule has 0 aromatic carbocycles. The largest absolute Gasteiger partial charge is 0.381 e. The molecule has 1 fully saturated rings. The first-order valence-corrected chi connectivity index (χ1v) is 6.41. The van der Waals surface area contributed by atoms with Crippen LogP contribution in [0.2, 0.25) is 0 Å². The molecule has 0 saturated carbocycles. The Labute approximate surface area is 106 Å². The zero-order valence-corrected chi connectivity index (χ0v) is 10.6. The Bertz CT molecular complexity index is 362. The molecule has 2 aliphatic rings. The summed E-state index contributed by atoms with van der Waals surface area (Å²) in [5.41, 5.74) is 2.74. The van der Waals surface area contributed by atoms with E-state index in [0.29, 0.717) is 24.5 Å². The third-order valence-corrected chi connectivity index (χ3v) is 3.50. The molecule has 0 bridgehead atoms. The first kappa shape index (κ1) is 13.0. The second-order valence-corrected chi connectivity index (χ2v) is 4.81. The predicted octanol–water partition coefficient (Wildman–Crippen LogP) is 0.184. The molecule has 100 valence electrons. The van der Waals surface area contributed by atoms with Crippen molar-refractivity contribution >= 4 is 17.5 Å². The van der Waals surface area contributed by atoms with E-state index in [4.69, 9.17) is 4.74 Å². The third kappa shape index (κ3) is 3.29. The van der Waals surface area contributed by atoms with Gasteiger partial charge in [0, 0.05) is 32.1 Å². The van der Waals surface area contributed by atoms with Gasteiger partial charge in [-0.25, -0.2) is 5.43 Å². The first-order valence-electron chi connectivity index (χ1n) is 6.41. The quantitative estimate of drug-likeness (QED) is 0.753. The molecule has 2 rings (SSSR count).